The minimum atomic E-state index is -1.41. The first kappa shape index (κ1) is 16.5. The predicted molar refractivity (Wildman–Crippen MR) is 75.4 cm³/mol. The van der Waals surface area contributed by atoms with Crippen LogP contribution in [-0.4, -0.2) is 23.0 Å². The van der Waals surface area contributed by atoms with Crippen LogP contribution in [0.5, 0.6) is 0 Å². The number of carboxylic acid groups (broad SMARTS) is 1. The van der Waals surface area contributed by atoms with Crippen LogP contribution in [0, 0.1) is 17.5 Å². The molecule has 0 heterocycles. The molecule has 0 radical (unpaired) electrons. The normalized spacial score (nSPS) is 11.8. The first-order valence-corrected chi connectivity index (χ1v) is 6.60. The van der Waals surface area contributed by atoms with Crippen molar-refractivity contribution >= 4 is 11.9 Å². The molecular weight excluding hydrogens is 311 g/mol. The fraction of sp³-hybridized carbons (Fsp3) is 0.125. The topological polar surface area (TPSA) is 66.4 Å². The number of carboxylic acids is 1. The van der Waals surface area contributed by atoms with E-state index in [4.69, 9.17) is 5.11 Å². The van der Waals surface area contributed by atoms with Gasteiger partial charge >= 0.3 is 5.97 Å². The van der Waals surface area contributed by atoms with Gasteiger partial charge in [-0.25, -0.2) is 18.0 Å². The third-order valence-corrected chi connectivity index (χ3v) is 3.17. The molecule has 0 fully saturated rings. The lowest BCUT2D eigenvalue weighted by molar-refractivity contribution is -0.139. The van der Waals surface area contributed by atoms with Crippen molar-refractivity contribution < 1.29 is 27.9 Å². The van der Waals surface area contributed by atoms with Crippen LogP contribution in [0.3, 0.4) is 0 Å². The van der Waals surface area contributed by atoms with Crippen LogP contribution >= 0.6 is 0 Å². The van der Waals surface area contributed by atoms with Crippen molar-refractivity contribution in [1.29, 1.82) is 0 Å². The molecule has 0 unspecified atom stereocenters. The van der Waals surface area contributed by atoms with Gasteiger partial charge in [-0.3, -0.25) is 4.79 Å². The Labute approximate surface area is 129 Å². The summed E-state index contributed by atoms with van der Waals surface area (Å²) in [7, 11) is 0. The van der Waals surface area contributed by atoms with E-state index in [0.29, 0.717) is 6.07 Å². The zero-order valence-corrected chi connectivity index (χ0v) is 11.7. The van der Waals surface area contributed by atoms with Crippen molar-refractivity contribution in [3.8, 4) is 0 Å². The molecule has 0 aliphatic rings. The summed E-state index contributed by atoms with van der Waals surface area (Å²) in [6, 6.07) is 6.59. The van der Waals surface area contributed by atoms with E-state index in [1.807, 2.05) is 0 Å². The number of hydrogen-bond donors (Lipinski definition) is 2. The van der Waals surface area contributed by atoms with Crippen molar-refractivity contribution in [2.24, 2.45) is 0 Å². The maximum atomic E-state index is 13.6. The van der Waals surface area contributed by atoms with Crippen LogP contribution in [0.25, 0.3) is 0 Å². The third kappa shape index (κ3) is 4.09. The zero-order chi connectivity index (χ0) is 17.0. The van der Waals surface area contributed by atoms with Crippen molar-refractivity contribution in [2.75, 3.05) is 0 Å². The minimum Gasteiger partial charge on any atom is -0.480 e. The van der Waals surface area contributed by atoms with Crippen molar-refractivity contribution in [3.05, 3.63) is 71.0 Å². The molecule has 0 aromatic heterocycles. The summed E-state index contributed by atoms with van der Waals surface area (Å²) in [5.74, 6) is -5.21. The summed E-state index contributed by atoms with van der Waals surface area (Å²) in [5.41, 5.74) is -0.117. The van der Waals surface area contributed by atoms with E-state index in [9.17, 15) is 22.8 Å². The van der Waals surface area contributed by atoms with E-state index >= 15 is 0 Å². The van der Waals surface area contributed by atoms with Gasteiger partial charge in [0.1, 0.15) is 11.9 Å². The van der Waals surface area contributed by atoms with Crippen LogP contribution in [-0.2, 0) is 11.2 Å². The lowest BCUT2D eigenvalue weighted by Crippen LogP contribution is -2.42. The second kappa shape index (κ2) is 6.95. The third-order valence-electron chi connectivity index (χ3n) is 3.17. The summed E-state index contributed by atoms with van der Waals surface area (Å²) in [4.78, 5) is 23.2. The van der Waals surface area contributed by atoms with Crippen LogP contribution in [0.1, 0.15) is 15.9 Å². The SMILES string of the molecule is O=C(N[C@H](Cc1ccccc1F)C(=O)O)c1ccc(F)c(F)c1. The molecular formula is C16H12F3NO3. The minimum absolute atomic E-state index is 0.116. The van der Waals surface area contributed by atoms with Crippen molar-refractivity contribution in [1.82, 2.24) is 5.32 Å². The lowest BCUT2D eigenvalue weighted by atomic mass is 10.0. The highest BCUT2D eigenvalue weighted by molar-refractivity contribution is 5.96. The van der Waals surface area contributed by atoms with Gasteiger partial charge in [-0.05, 0) is 29.8 Å². The molecule has 2 rings (SSSR count). The van der Waals surface area contributed by atoms with Gasteiger partial charge in [-0.1, -0.05) is 18.2 Å². The first-order chi connectivity index (χ1) is 10.9. The Morgan fingerprint density at radius 2 is 1.70 bits per heavy atom. The average molecular weight is 323 g/mol. The number of carbonyl (C=O) groups is 2. The molecule has 4 nitrogen and oxygen atoms in total. The fourth-order valence-corrected chi connectivity index (χ4v) is 1.96. The van der Waals surface area contributed by atoms with E-state index in [1.54, 1.807) is 0 Å². The second-order valence-corrected chi connectivity index (χ2v) is 4.79. The number of benzene rings is 2. The molecule has 0 aliphatic carbocycles. The van der Waals surface area contributed by atoms with E-state index in [0.717, 1.165) is 12.1 Å². The summed E-state index contributed by atoms with van der Waals surface area (Å²) < 4.78 is 39.5. The maximum Gasteiger partial charge on any atom is 0.326 e. The molecule has 0 spiro atoms. The Hall–Kier alpha value is -2.83. The molecule has 2 N–H and O–H groups in total. The molecule has 2 aromatic rings. The summed E-state index contributed by atoms with van der Waals surface area (Å²) in [6.07, 6.45) is -0.280. The molecule has 23 heavy (non-hydrogen) atoms. The highest BCUT2D eigenvalue weighted by atomic mass is 19.2. The zero-order valence-electron chi connectivity index (χ0n) is 11.7. The molecule has 0 bridgehead atoms. The lowest BCUT2D eigenvalue weighted by Gasteiger charge is -2.15. The monoisotopic (exact) mass is 323 g/mol. The van der Waals surface area contributed by atoms with Gasteiger partial charge in [0.15, 0.2) is 11.6 Å². The predicted octanol–water partition coefficient (Wildman–Crippen LogP) is 2.53. The molecule has 1 atom stereocenters. The largest absolute Gasteiger partial charge is 0.480 e. The quantitative estimate of drug-likeness (QED) is 0.888. The maximum absolute atomic E-state index is 13.6. The molecule has 0 aliphatic heterocycles. The Morgan fingerprint density at radius 1 is 1.00 bits per heavy atom. The molecule has 0 saturated heterocycles. The summed E-state index contributed by atoms with van der Waals surface area (Å²) in [5, 5.41) is 11.3. The number of nitrogens with one attached hydrogen (secondary N) is 1. The van der Waals surface area contributed by atoms with Gasteiger partial charge in [0.05, 0.1) is 0 Å². The Morgan fingerprint density at radius 3 is 2.30 bits per heavy atom. The molecule has 0 saturated carbocycles. The molecule has 2 aromatic carbocycles. The Balaban J connectivity index is 2.16. The summed E-state index contributed by atoms with van der Waals surface area (Å²) in [6.45, 7) is 0. The van der Waals surface area contributed by atoms with Gasteiger partial charge in [-0.2, -0.15) is 0 Å². The van der Waals surface area contributed by atoms with Crippen molar-refractivity contribution in [2.45, 2.75) is 12.5 Å². The van der Waals surface area contributed by atoms with Gasteiger partial charge in [0, 0.05) is 12.0 Å². The smallest absolute Gasteiger partial charge is 0.326 e. The van der Waals surface area contributed by atoms with E-state index in [-0.39, 0.29) is 17.5 Å². The van der Waals surface area contributed by atoms with Gasteiger partial charge in [-0.15, -0.1) is 0 Å². The van der Waals surface area contributed by atoms with Crippen LogP contribution in [0.15, 0.2) is 42.5 Å². The van der Waals surface area contributed by atoms with Crippen LogP contribution in [0.2, 0.25) is 0 Å². The number of hydrogen-bond acceptors (Lipinski definition) is 2. The number of halogens is 3. The van der Waals surface area contributed by atoms with E-state index in [2.05, 4.69) is 5.32 Å². The summed E-state index contributed by atoms with van der Waals surface area (Å²) >= 11 is 0. The van der Waals surface area contributed by atoms with Crippen LogP contribution < -0.4 is 5.32 Å². The van der Waals surface area contributed by atoms with E-state index < -0.39 is 35.4 Å². The van der Waals surface area contributed by atoms with Gasteiger partial charge in [0.25, 0.3) is 5.91 Å². The number of carbonyl (C=O) groups excluding carboxylic acids is 1. The van der Waals surface area contributed by atoms with Crippen molar-refractivity contribution in [3.63, 3.8) is 0 Å². The first-order valence-electron chi connectivity index (χ1n) is 6.60. The second-order valence-electron chi connectivity index (χ2n) is 4.79. The van der Waals surface area contributed by atoms with E-state index in [1.165, 1.54) is 24.3 Å². The Bertz CT molecular complexity index is 749. The van der Waals surface area contributed by atoms with Crippen LogP contribution in [0.4, 0.5) is 13.2 Å². The highest BCUT2D eigenvalue weighted by Crippen LogP contribution is 2.12. The number of amides is 1. The standard InChI is InChI=1S/C16H12F3NO3/c17-11-4-2-1-3-9(11)8-14(16(22)23)20-15(21)10-5-6-12(18)13(19)7-10/h1-7,14H,8H2,(H,20,21)(H,22,23)/t14-/m1/s1. The van der Waals surface area contributed by atoms with Gasteiger partial charge < -0.3 is 10.4 Å². The average Bonchev–Trinajstić information content (AvgIpc) is 2.51. The molecule has 1 amide bonds. The fourth-order valence-electron chi connectivity index (χ4n) is 1.96. The number of aliphatic carboxylic acids is 1. The van der Waals surface area contributed by atoms with Gasteiger partial charge in [0.2, 0.25) is 0 Å². The molecule has 7 heteroatoms. The Kier molecular flexibility index (Phi) is 5.00. The number of rotatable bonds is 5. The molecule has 120 valence electrons. The highest BCUT2D eigenvalue weighted by Gasteiger charge is 2.22.